The molecule has 0 aromatic heterocycles. The molecule has 0 N–H and O–H groups in total. The van der Waals surface area contributed by atoms with Gasteiger partial charge in [-0.1, -0.05) is 0 Å². The van der Waals surface area contributed by atoms with E-state index in [4.69, 9.17) is 9.47 Å². The number of ketones is 1. The third kappa shape index (κ3) is 0.708. The third-order valence-electron chi connectivity index (χ3n) is 3.92. The molecule has 2 saturated heterocycles. The highest BCUT2D eigenvalue weighted by atomic mass is 16.7. The topological polar surface area (TPSA) is 42.1 Å². The van der Waals surface area contributed by atoms with Crippen LogP contribution >= 0.6 is 0 Å². The van der Waals surface area contributed by atoms with Gasteiger partial charge in [0.1, 0.15) is 12.2 Å². The van der Waals surface area contributed by atoms with Crippen molar-refractivity contribution in [2.24, 2.45) is 0 Å². The number of ether oxygens (including phenoxy) is 2. The van der Waals surface area contributed by atoms with Gasteiger partial charge in [0.2, 0.25) is 0 Å². The molecule has 4 rings (SSSR count). The Bertz CT molecular complexity index is 365. The van der Waals surface area contributed by atoms with Crippen LogP contribution in [0.25, 0.3) is 0 Å². The van der Waals surface area contributed by atoms with Gasteiger partial charge in [0.15, 0.2) is 11.4 Å². The van der Waals surface area contributed by atoms with E-state index < -0.39 is 5.60 Å². The van der Waals surface area contributed by atoms with Crippen molar-refractivity contribution in [1.82, 2.24) is 0 Å². The van der Waals surface area contributed by atoms with E-state index in [1.807, 2.05) is 0 Å². The quantitative estimate of drug-likeness (QED) is 0.537. The van der Waals surface area contributed by atoms with Crippen molar-refractivity contribution in [3.05, 3.63) is 11.1 Å². The van der Waals surface area contributed by atoms with Crippen LogP contribution in [-0.2, 0) is 14.3 Å². The van der Waals surface area contributed by atoms with Crippen molar-refractivity contribution < 1.29 is 14.3 Å². The predicted molar refractivity (Wildman–Crippen MR) is 47.8 cm³/mol. The van der Waals surface area contributed by atoms with E-state index in [2.05, 4.69) is 0 Å². The average Bonchev–Trinajstić information content (AvgIpc) is 3.08. The van der Waals surface area contributed by atoms with Gasteiger partial charge >= 0.3 is 0 Å². The zero-order valence-electron chi connectivity index (χ0n) is 7.91. The Morgan fingerprint density at radius 1 is 1.29 bits per heavy atom. The van der Waals surface area contributed by atoms with Crippen molar-refractivity contribution in [1.29, 1.82) is 0 Å². The van der Waals surface area contributed by atoms with Crippen molar-refractivity contribution >= 4 is 5.78 Å². The summed E-state index contributed by atoms with van der Waals surface area (Å²) < 4.78 is 10.9. The molecule has 1 spiro atoms. The van der Waals surface area contributed by atoms with Gasteiger partial charge in [-0.05, 0) is 31.3 Å². The van der Waals surface area contributed by atoms with Crippen LogP contribution in [0.4, 0.5) is 0 Å². The molecule has 3 heteroatoms. The minimum absolute atomic E-state index is 0.0758. The highest BCUT2D eigenvalue weighted by Gasteiger charge is 2.72. The van der Waals surface area contributed by atoms with Crippen LogP contribution in [0.1, 0.15) is 25.7 Å². The second-order valence-electron chi connectivity index (χ2n) is 4.70. The second-order valence-corrected chi connectivity index (χ2v) is 4.70. The monoisotopic (exact) mass is 192 g/mol. The first-order valence-corrected chi connectivity index (χ1v) is 5.39. The molecule has 3 nitrogen and oxygen atoms in total. The van der Waals surface area contributed by atoms with E-state index in [9.17, 15) is 4.79 Å². The fourth-order valence-corrected chi connectivity index (χ4v) is 2.99. The smallest absolute Gasteiger partial charge is 0.195 e. The van der Waals surface area contributed by atoms with Gasteiger partial charge < -0.3 is 9.47 Å². The lowest BCUT2D eigenvalue weighted by molar-refractivity contribution is -0.121. The molecule has 0 bridgehead atoms. The number of carbonyl (C=O) groups excluding carboxylic acids is 1. The number of hydrogen-bond acceptors (Lipinski definition) is 3. The summed E-state index contributed by atoms with van der Waals surface area (Å²) in [7, 11) is 0. The molecule has 14 heavy (non-hydrogen) atoms. The predicted octanol–water partition coefficient (Wildman–Crippen LogP) is 0.976. The van der Waals surface area contributed by atoms with Gasteiger partial charge in [0.25, 0.3) is 0 Å². The lowest BCUT2D eigenvalue weighted by atomic mass is 9.76. The zero-order valence-corrected chi connectivity index (χ0v) is 7.91. The standard InChI is InChI=1S/C11H12O3/c12-9-7-4-2-1-3-6(7)8-10(14-8)11(9)5-13-11/h8,10H,1-5H2. The first-order valence-electron chi connectivity index (χ1n) is 5.39. The van der Waals surface area contributed by atoms with Gasteiger partial charge in [0.05, 0.1) is 6.61 Å². The molecule has 0 amide bonds. The number of epoxide rings is 2. The van der Waals surface area contributed by atoms with Crippen LogP contribution in [0.15, 0.2) is 11.1 Å². The summed E-state index contributed by atoms with van der Waals surface area (Å²) >= 11 is 0. The minimum atomic E-state index is -0.513. The Kier molecular flexibility index (Phi) is 1.15. The molecule has 3 atom stereocenters. The third-order valence-corrected chi connectivity index (χ3v) is 3.92. The first-order chi connectivity index (χ1) is 6.83. The Morgan fingerprint density at radius 3 is 2.86 bits per heavy atom. The molecule has 2 heterocycles. The fraction of sp³-hybridized carbons (Fsp3) is 0.727. The summed E-state index contributed by atoms with van der Waals surface area (Å²) in [4.78, 5) is 12.1. The molecular formula is C11H12O3. The lowest BCUT2D eigenvalue weighted by Crippen LogP contribution is -2.39. The molecule has 2 aliphatic heterocycles. The van der Waals surface area contributed by atoms with Crippen molar-refractivity contribution in [2.75, 3.05) is 6.61 Å². The Labute approximate surface area is 82.1 Å². The van der Waals surface area contributed by atoms with E-state index in [1.165, 1.54) is 12.0 Å². The normalized spacial score (nSPS) is 49.0. The molecule has 2 fully saturated rings. The lowest BCUT2D eigenvalue weighted by Gasteiger charge is -2.24. The maximum Gasteiger partial charge on any atom is 0.195 e. The fourth-order valence-electron chi connectivity index (χ4n) is 2.99. The Balaban J connectivity index is 1.85. The van der Waals surface area contributed by atoms with Crippen LogP contribution < -0.4 is 0 Å². The molecule has 0 saturated carbocycles. The molecule has 0 aromatic rings. The maximum absolute atomic E-state index is 12.1. The highest BCUT2D eigenvalue weighted by Crippen LogP contribution is 2.55. The summed E-state index contributed by atoms with van der Waals surface area (Å²) in [5.41, 5.74) is 1.83. The molecule has 2 aliphatic carbocycles. The number of fused-ring (bicyclic) bond motifs is 3. The van der Waals surface area contributed by atoms with Crippen molar-refractivity contribution in [3.63, 3.8) is 0 Å². The molecule has 74 valence electrons. The Morgan fingerprint density at radius 2 is 2.07 bits per heavy atom. The number of Topliss-reactive ketones (excluding diaryl/α,β-unsaturated/α-hetero) is 1. The first kappa shape index (κ1) is 7.60. The highest BCUT2D eigenvalue weighted by molar-refractivity contribution is 6.07. The molecule has 4 aliphatic rings. The van der Waals surface area contributed by atoms with Gasteiger partial charge in [-0.25, -0.2) is 0 Å². The van der Waals surface area contributed by atoms with Gasteiger partial charge in [-0.2, -0.15) is 0 Å². The minimum Gasteiger partial charge on any atom is -0.361 e. The van der Waals surface area contributed by atoms with Crippen molar-refractivity contribution in [3.8, 4) is 0 Å². The van der Waals surface area contributed by atoms with Crippen LogP contribution in [0.5, 0.6) is 0 Å². The van der Waals surface area contributed by atoms with Gasteiger partial charge in [-0.3, -0.25) is 4.79 Å². The number of rotatable bonds is 0. The van der Waals surface area contributed by atoms with E-state index in [1.54, 1.807) is 0 Å². The summed E-state index contributed by atoms with van der Waals surface area (Å²) in [6.45, 7) is 0.587. The second kappa shape index (κ2) is 2.12. The van der Waals surface area contributed by atoms with Crippen LogP contribution in [-0.4, -0.2) is 30.2 Å². The van der Waals surface area contributed by atoms with Crippen molar-refractivity contribution in [2.45, 2.75) is 43.5 Å². The largest absolute Gasteiger partial charge is 0.361 e. The summed E-state index contributed by atoms with van der Waals surface area (Å²) in [6.07, 6.45) is 4.70. The summed E-state index contributed by atoms with van der Waals surface area (Å²) in [5, 5.41) is 0. The van der Waals surface area contributed by atoms with Crippen LogP contribution in [0.3, 0.4) is 0 Å². The van der Waals surface area contributed by atoms with Crippen LogP contribution in [0, 0.1) is 0 Å². The van der Waals surface area contributed by atoms with E-state index >= 15 is 0 Å². The van der Waals surface area contributed by atoms with Crippen LogP contribution in [0.2, 0.25) is 0 Å². The SMILES string of the molecule is O=C1C2=C(CCCC2)C2OC2C12CO2. The average molecular weight is 192 g/mol. The number of carbonyl (C=O) groups is 1. The zero-order chi connectivity index (χ0) is 9.34. The maximum atomic E-state index is 12.1. The van der Waals surface area contributed by atoms with E-state index in [-0.39, 0.29) is 18.0 Å². The molecule has 0 aromatic carbocycles. The van der Waals surface area contributed by atoms with Gasteiger partial charge in [0, 0.05) is 5.57 Å². The summed E-state index contributed by atoms with van der Waals surface area (Å²) in [6, 6.07) is 0. The van der Waals surface area contributed by atoms with E-state index in [0.29, 0.717) is 6.61 Å². The molecular weight excluding hydrogens is 180 g/mol. The van der Waals surface area contributed by atoms with Gasteiger partial charge in [-0.15, -0.1) is 0 Å². The Hall–Kier alpha value is -0.670. The van der Waals surface area contributed by atoms with E-state index in [0.717, 1.165) is 24.8 Å². The molecule has 0 radical (unpaired) electrons. The molecule has 3 unspecified atom stereocenters. The summed E-state index contributed by atoms with van der Waals surface area (Å²) in [5.74, 6) is 0.242. The number of hydrogen-bond donors (Lipinski definition) is 0.